The van der Waals surface area contributed by atoms with Gasteiger partial charge in [-0.1, -0.05) is 13.8 Å². The first-order chi connectivity index (χ1) is 9.08. The summed E-state index contributed by atoms with van der Waals surface area (Å²) in [5.41, 5.74) is 0. The number of methoxy groups -OCH3 is 1. The molecule has 0 spiro atoms. The Morgan fingerprint density at radius 1 is 1.26 bits per heavy atom. The van der Waals surface area contributed by atoms with Gasteiger partial charge in [-0.25, -0.2) is 0 Å². The maximum absolute atomic E-state index is 11.9. The maximum Gasteiger partial charge on any atom is 0.225 e. The number of benzene rings is 1. The quantitative estimate of drug-likeness (QED) is 0.760. The first-order valence-electron chi connectivity index (χ1n) is 6.60. The Morgan fingerprint density at radius 3 is 2.37 bits per heavy atom. The molecule has 1 rings (SSSR count). The lowest BCUT2D eigenvalue weighted by Crippen LogP contribution is -2.34. The molecule has 0 aliphatic carbocycles. The van der Waals surface area contributed by atoms with Gasteiger partial charge in [0.05, 0.1) is 13.7 Å². The van der Waals surface area contributed by atoms with Crippen LogP contribution in [0.25, 0.3) is 0 Å². The number of ether oxygens (including phenoxy) is 2. The second-order valence-corrected chi connectivity index (χ2v) is 4.59. The number of likely N-dealkylation sites (N-methyl/N-ethyl adjacent to an activating group) is 1. The van der Waals surface area contributed by atoms with Crippen LogP contribution in [0, 0.1) is 5.92 Å². The summed E-state index contributed by atoms with van der Waals surface area (Å²) < 4.78 is 10.7. The van der Waals surface area contributed by atoms with Crippen LogP contribution in [0.3, 0.4) is 0 Å². The van der Waals surface area contributed by atoms with Crippen molar-refractivity contribution < 1.29 is 14.3 Å². The molecule has 0 heterocycles. The molecule has 106 valence electrons. The largest absolute Gasteiger partial charge is 0.497 e. The van der Waals surface area contributed by atoms with Gasteiger partial charge in [-0.05, 0) is 30.7 Å². The molecule has 1 amide bonds. The van der Waals surface area contributed by atoms with Crippen molar-refractivity contribution in [1.82, 2.24) is 4.90 Å². The first kappa shape index (κ1) is 15.3. The summed E-state index contributed by atoms with van der Waals surface area (Å²) in [4.78, 5) is 13.6. The van der Waals surface area contributed by atoms with Crippen LogP contribution in [0.15, 0.2) is 24.3 Å². The zero-order valence-electron chi connectivity index (χ0n) is 12.2. The summed E-state index contributed by atoms with van der Waals surface area (Å²) >= 11 is 0. The Labute approximate surface area is 115 Å². The molecule has 0 aromatic heterocycles. The standard InChI is InChI=1S/C15H23NO3/c1-5-12(2)15(17)16(3)10-11-19-14-8-6-13(18-4)7-9-14/h6-9,12H,5,10-11H2,1-4H3. The van der Waals surface area contributed by atoms with Gasteiger partial charge in [0, 0.05) is 13.0 Å². The average molecular weight is 265 g/mol. The van der Waals surface area contributed by atoms with Crippen molar-refractivity contribution in [3.63, 3.8) is 0 Å². The highest BCUT2D eigenvalue weighted by molar-refractivity contribution is 5.78. The molecule has 0 saturated carbocycles. The van der Waals surface area contributed by atoms with Crippen LogP contribution < -0.4 is 9.47 Å². The van der Waals surface area contributed by atoms with Gasteiger partial charge in [-0.2, -0.15) is 0 Å². The number of carbonyl (C=O) groups excluding carboxylic acids is 1. The maximum atomic E-state index is 11.9. The highest BCUT2D eigenvalue weighted by atomic mass is 16.5. The molecular weight excluding hydrogens is 242 g/mol. The van der Waals surface area contributed by atoms with Crippen LogP contribution in [-0.4, -0.2) is 38.1 Å². The molecule has 1 unspecified atom stereocenters. The third kappa shape index (κ3) is 4.81. The van der Waals surface area contributed by atoms with Gasteiger partial charge in [0.2, 0.25) is 5.91 Å². The van der Waals surface area contributed by atoms with E-state index in [0.717, 1.165) is 17.9 Å². The van der Waals surface area contributed by atoms with Crippen LogP contribution in [0.5, 0.6) is 11.5 Å². The van der Waals surface area contributed by atoms with Gasteiger partial charge < -0.3 is 14.4 Å². The summed E-state index contributed by atoms with van der Waals surface area (Å²) in [7, 11) is 3.44. The Hall–Kier alpha value is -1.71. The number of carbonyl (C=O) groups is 1. The molecule has 0 radical (unpaired) electrons. The number of amides is 1. The lowest BCUT2D eigenvalue weighted by atomic mass is 10.1. The molecule has 0 aliphatic heterocycles. The fourth-order valence-corrected chi connectivity index (χ4v) is 1.63. The third-order valence-electron chi connectivity index (χ3n) is 3.17. The highest BCUT2D eigenvalue weighted by Crippen LogP contribution is 2.16. The van der Waals surface area contributed by atoms with Crippen molar-refractivity contribution >= 4 is 5.91 Å². The lowest BCUT2D eigenvalue weighted by Gasteiger charge is -2.20. The molecule has 0 N–H and O–H groups in total. The van der Waals surface area contributed by atoms with Crippen LogP contribution in [0.4, 0.5) is 0 Å². The fraction of sp³-hybridized carbons (Fsp3) is 0.533. The lowest BCUT2D eigenvalue weighted by molar-refractivity contribution is -0.134. The Balaban J connectivity index is 2.35. The fourth-order valence-electron chi connectivity index (χ4n) is 1.63. The van der Waals surface area contributed by atoms with E-state index in [1.807, 2.05) is 45.2 Å². The molecule has 0 aliphatic rings. The van der Waals surface area contributed by atoms with Gasteiger partial charge in [-0.3, -0.25) is 4.79 Å². The van der Waals surface area contributed by atoms with Gasteiger partial charge in [-0.15, -0.1) is 0 Å². The molecule has 0 fully saturated rings. The first-order valence-corrected chi connectivity index (χ1v) is 6.60. The van der Waals surface area contributed by atoms with E-state index in [2.05, 4.69) is 0 Å². The highest BCUT2D eigenvalue weighted by Gasteiger charge is 2.15. The number of nitrogens with zero attached hydrogens (tertiary/aromatic N) is 1. The number of rotatable bonds is 7. The van der Waals surface area contributed by atoms with E-state index < -0.39 is 0 Å². The van der Waals surface area contributed by atoms with E-state index in [4.69, 9.17) is 9.47 Å². The monoisotopic (exact) mass is 265 g/mol. The average Bonchev–Trinajstić information content (AvgIpc) is 2.46. The normalized spacial score (nSPS) is 11.8. The van der Waals surface area contributed by atoms with E-state index in [0.29, 0.717) is 13.2 Å². The molecule has 0 bridgehead atoms. The zero-order valence-corrected chi connectivity index (χ0v) is 12.2. The van der Waals surface area contributed by atoms with Crippen LogP contribution in [0.2, 0.25) is 0 Å². The van der Waals surface area contributed by atoms with Crippen molar-refractivity contribution in [3.8, 4) is 11.5 Å². The van der Waals surface area contributed by atoms with Crippen LogP contribution in [0.1, 0.15) is 20.3 Å². The SMILES string of the molecule is CCC(C)C(=O)N(C)CCOc1ccc(OC)cc1. The molecule has 1 atom stereocenters. The minimum absolute atomic E-state index is 0.0750. The molecule has 0 saturated heterocycles. The van der Waals surface area contributed by atoms with Gasteiger partial charge in [0.25, 0.3) is 0 Å². The van der Waals surface area contributed by atoms with E-state index in [-0.39, 0.29) is 11.8 Å². The summed E-state index contributed by atoms with van der Waals surface area (Å²) in [6.07, 6.45) is 0.864. The zero-order chi connectivity index (χ0) is 14.3. The van der Waals surface area contributed by atoms with Crippen LogP contribution in [-0.2, 0) is 4.79 Å². The topological polar surface area (TPSA) is 38.8 Å². The van der Waals surface area contributed by atoms with E-state index in [1.165, 1.54) is 0 Å². The van der Waals surface area contributed by atoms with Gasteiger partial charge in [0.15, 0.2) is 0 Å². The summed E-state index contributed by atoms with van der Waals surface area (Å²) in [6, 6.07) is 7.41. The van der Waals surface area contributed by atoms with Crippen molar-refractivity contribution in [2.24, 2.45) is 5.92 Å². The molecule has 19 heavy (non-hydrogen) atoms. The summed E-state index contributed by atoms with van der Waals surface area (Å²) in [6.45, 7) is 5.05. The van der Waals surface area contributed by atoms with Crippen molar-refractivity contribution in [1.29, 1.82) is 0 Å². The van der Waals surface area contributed by atoms with Gasteiger partial charge in [0.1, 0.15) is 18.1 Å². The predicted molar refractivity (Wildman–Crippen MR) is 75.6 cm³/mol. The minimum atomic E-state index is 0.0750. The smallest absolute Gasteiger partial charge is 0.225 e. The number of hydrogen-bond donors (Lipinski definition) is 0. The molecule has 1 aromatic carbocycles. The number of hydrogen-bond acceptors (Lipinski definition) is 3. The molecular formula is C15H23NO3. The van der Waals surface area contributed by atoms with E-state index >= 15 is 0 Å². The molecule has 1 aromatic rings. The predicted octanol–water partition coefficient (Wildman–Crippen LogP) is 2.58. The van der Waals surface area contributed by atoms with Crippen molar-refractivity contribution in [3.05, 3.63) is 24.3 Å². The second-order valence-electron chi connectivity index (χ2n) is 4.59. The van der Waals surface area contributed by atoms with Crippen molar-refractivity contribution in [2.75, 3.05) is 27.3 Å². The second kappa shape index (κ2) is 7.67. The van der Waals surface area contributed by atoms with Crippen molar-refractivity contribution in [2.45, 2.75) is 20.3 Å². The summed E-state index contributed by atoms with van der Waals surface area (Å²) in [5.74, 6) is 1.83. The van der Waals surface area contributed by atoms with Crippen LogP contribution >= 0.6 is 0 Å². The Kier molecular flexibility index (Phi) is 6.19. The van der Waals surface area contributed by atoms with E-state index in [1.54, 1.807) is 12.0 Å². The van der Waals surface area contributed by atoms with E-state index in [9.17, 15) is 4.79 Å². The Morgan fingerprint density at radius 2 is 1.84 bits per heavy atom. The Bertz CT molecular complexity index is 389. The summed E-state index contributed by atoms with van der Waals surface area (Å²) in [5, 5.41) is 0. The molecule has 4 nitrogen and oxygen atoms in total. The molecule has 4 heteroatoms. The third-order valence-corrected chi connectivity index (χ3v) is 3.17. The minimum Gasteiger partial charge on any atom is -0.497 e. The van der Waals surface area contributed by atoms with Gasteiger partial charge >= 0.3 is 0 Å².